The van der Waals surface area contributed by atoms with E-state index in [0.717, 1.165) is 43.5 Å². The van der Waals surface area contributed by atoms with Crippen molar-refractivity contribution >= 4 is 21.6 Å². The molecule has 1 saturated carbocycles. The van der Waals surface area contributed by atoms with Crippen LogP contribution in [-0.2, 0) is 27.7 Å². The van der Waals surface area contributed by atoms with Crippen molar-refractivity contribution in [2.45, 2.75) is 69.2 Å². The highest BCUT2D eigenvalue weighted by atomic mass is 32.2. The van der Waals surface area contributed by atoms with Crippen LogP contribution in [0.25, 0.3) is 0 Å². The molecule has 0 saturated heterocycles. The van der Waals surface area contributed by atoms with E-state index in [1.54, 1.807) is 12.1 Å². The summed E-state index contributed by atoms with van der Waals surface area (Å²) in [5.41, 5.74) is 4.59. The maximum Gasteiger partial charge on any atom is 0.240 e. The van der Waals surface area contributed by atoms with Crippen LogP contribution in [0.3, 0.4) is 0 Å². The molecule has 0 bridgehead atoms. The lowest BCUT2D eigenvalue weighted by Crippen LogP contribution is -2.35. The van der Waals surface area contributed by atoms with Crippen molar-refractivity contribution in [1.29, 1.82) is 0 Å². The minimum Gasteiger partial charge on any atom is -0.312 e. The standard InChI is InChI=1S/C24H30N2O3S/c1-17(2)19-8-13-23-20(16-19)4-3-15-26(23)24(27)14-7-18-5-11-22(12-6-18)30(28,29)25-21-9-10-21/h5-6,8,11-13,16-17,21,25H,3-4,7,9-10,14-15H2,1-2H3. The molecule has 4 rings (SSSR count). The summed E-state index contributed by atoms with van der Waals surface area (Å²) in [5.74, 6) is 0.605. The number of sulfonamides is 1. The fraction of sp³-hybridized carbons (Fsp3) is 0.458. The third kappa shape index (κ3) is 4.76. The second-order valence-electron chi connectivity index (χ2n) is 8.73. The van der Waals surface area contributed by atoms with Gasteiger partial charge in [0.1, 0.15) is 0 Å². The molecule has 1 aliphatic heterocycles. The van der Waals surface area contributed by atoms with E-state index in [1.165, 1.54) is 11.1 Å². The average Bonchev–Trinajstić information content (AvgIpc) is 3.54. The molecule has 0 atom stereocenters. The van der Waals surface area contributed by atoms with Crippen LogP contribution >= 0.6 is 0 Å². The van der Waals surface area contributed by atoms with E-state index in [4.69, 9.17) is 0 Å². The van der Waals surface area contributed by atoms with E-state index in [2.05, 4.69) is 36.8 Å². The number of hydrogen-bond acceptors (Lipinski definition) is 3. The van der Waals surface area contributed by atoms with Gasteiger partial charge in [-0.25, -0.2) is 13.1 Å². The Bertz CT molecular complexity index is 1020. The molecule has 2 aromatic rings. The number of carbonyl (C=O) groups excluding carboxylic acids is 1. The highest BCUT2D eigenvalue weighted by molar-refractivity contribution is 7.89. The summed E-state index contributed by atoms with van der Waals surface area (Å²) in [6.45, 7) is 5.13. The van der Waals surface area contributed by atoms with Crippen molar-refractivity contribution in [3.8, 4) is 0 Å². The molecule has 0 radical (unpaired) electrons. The first-order valence-electron chi connectivity index (χ1n) is 10.9. The minimum absolute atomic E-state index is 0.0938. The first-order valence-corrected chi connectivity index (χ1v) is 12.4. The lowest BCUT2D eigenvalue weighted by molar-refractivity contribution is -0.118. The van der Waals surface area contributed by atoms with E-state index in [0.29, 0.717) is 18.8 Å². The van der Waals surface area contributed by atoms with Gasteiger partial charge in [0.15, 0.2) is 0 Å². The number of nitrogens with zero attached hydrogens (tertiary/aromatic N) is 1. The number of hydrogen-bond donors (Lipinski definition) is 1. The van der Waals surface area contributed by atoms with Gasteiger partial charge in [-0.3, -0.25) is 4.79 Å². The summed E-state index contributed by atoms with van der Waals surface area (Å²) >= 11 is 0. The van der Waals surface area contributed by atoms with E-state index < -0.39 is 10.0 Å². The molecule has 30 heavy (non-hydrogen) atoms. The van der Waals surface area contributed by atoms with Crippen molar-refractivity contribution in [1.82, 2.24) is 4.72 Å². The third-order valence-corrected chi connectivity index (χ3v) is 7.49. The van der Waals surface area contributed by atoms with E-state index in [9.17, 15) is 13.2 Å². The van der Waals surface area contributed by atoms with Gasteiger partial charge in [0.25, 0.3) is 0 Å². The maximum atomic E-state index is 12.9. The molecule has 1 aliphatic carbocycles. The Morgan fingerprint density at radius 1 is 1.13 bits per heavy atom. The lowest BCUT2D eigenvalue weighted by atomic mass is 9.94. The SMILES string of the molecule is CC(C)c1ccc2c(c1)CCCN2C(=O)CCc1ccc(S(=O)(=O)NC2CC2)cc1. The van der Waals surface area contributed by atoms with Crippen molar-refractivity contribution in [3.63, 3.8) is 0 Å². The van der Waals surface area contributed by atoms with Gasteiger partial charge in [-0.1, -0.05) is 38.1 Å². The Labute approximate surface area is 179 Å². The number of benzene rings is 2. The van der Waals surface area contributed by atoms with Gasteiger partial charge in [-0.15, -0.1) is 0 Å². The van der Waals surface area contributed by atoms with Gasteiger partial charge in [0, 0.05) is 24.7 Å². The lowest BCUT2D eigenvalue weighted by Gasteiger charge is -2.30. The largest absolute Gasteiger partial charge is 0.312 e. The Balaban J connectivity index is 1.39. The normalized spacial score (nSPS) is 16.6. The Kier molecular flexibility index (Phi) is 5.98. The van der Waals surface area contributed by atoms with Crippen LogP contribution in [0, 0.1) is 0 Å². The zero-order valence-corrected chi connectivity index (χ0v) is 18.5. The predicted molar refractivity (Wildman–Crippen MR) is 119 cm³/mol. The molecule has 5 nitrogen and oxygen atoms in total. The van der Waals surface area contributed by atoms with Crippen molar-refractivity contribution in [3.05, 3.63) is 59.2 Å². The van der Waals surface area contributed by atoms with Crippen LogP contribution in [0.2, 0.25) is 0 Å². The zero-order valence-electron chi connectivity index (χ0n) is 17.7. The number of anilines is 1. The van der Waals surface area contributed by atoms with E-state index >= 15 is 0 Å². The first kappa shape index (κ1) is 21.1. The molecule has 0 unspecified atom stereocenters. The molecule has 2 aromatic carbocycles. The second kappa shape index (κ2) is 8.52. The molecule has 160 valence electrons. The van der Waals surface area contributed by atoms with Crippen molar-refractivity contribution < 1.29 is 13.2 Å². The molecule has 1 N–H and O–H groups in total. The van der Waals surface area contributed by atoms with Crippen molar-refractivity contribution in [2.75, 3.05) is 11.4 Å². The van der Waals surface area contributed by atoms with E-state index in [-0.39, 0.29) is 16.8 Å². The van der Waals surface area contributed by atoms with Gasteiger partial charge >= 0.3 is 0 Å². The minimum atomic E-state index is -3.43. The summed E-state index contributed by atoms with van der Waals surface area (Å²) in [4.78, 5) is 15.1. The predicted octanol–water partition coefficient (Wildman–Crippen LogP) is 4.16. The molecular formula is C24H30N2O3S. The van der Waals surface area contributed by atoms with E-state index in [1.807, 2.05) is 17.0 Å². The number of fused-ring (bicyclic) bond motifs is 1. The van der Waals surface area contributed by atoms with Gasteiger partial charge in [-0.05, 0) is 72.9 Å². The van der Waals surface area contributed by atoms with Crippen LogP contribution in [-0.4, -0.2) is 26.9 Å². The smallest absolute Gasteiger partial charge is 0.240 e. The Morgan fingerprint density at radius 2 is 1.87 bits per heavy atom. The molecule has 1 fully saturated rings. The number of aryl methyl sites for hydroxylation is 2. The summed E-state index contributed by atoms with van der Waals surface area (Å²) in [6, 6.07) is 13.5. The average molecular weight is 427 g/mol. The fourth-order valence-electron chi connectivity index (χ4n) is 3.95. The number of amides is 1. The molecule has 1 amide bonds. The summed E-state index contributed by atoms with van der Waals surface area (Å²) in [7, 11) is -3.43. The Morgan fingerprint density at radius 3 is 2.53 bits per heavy atom. The maximum absolute atomic E-state index is 12.9. The van der Waals surface area contributed by atoms with Gasteiger partial charge in [-0.2, -0.15) is 0 Å². The molecule has 0 spiro atoms. The van der Waals surface area contributed by atoms with Crippen LogP contribution in [0.5, 0.6) is 0 Å². The number of nitrogens with one attached hydrogen (secondary N) is 1. The third-order valence-electron chi connectivity index (χ3n) is 5.95. The molecule has 1 heterocycles. The second-order valence-corrected chi connectivity index (χ2v) is 10.4. The molecule has 6 heteroatoms. The Hall–Kier alpha value is -2.18. The fourth-order valence-corrected chi connectivity index (χ4v) is 5.25. The quantitative estimate of drug-likeness (QED) is 0.723. The highest BCUT2D eigenvalue weighted by Crippen LogP contribution is 2.31. The summed E-state index contributed by atoms with van der Waals surface area (Å²) < 4.78 is 27.2. The number of carbonyl (C=O) groups is 1. The topological polar surface area (TPSA) is 66.5 Å². The first-order chi connectivity index (χ1) is 14.3. The van der Waals surface area contributed by atoms with Crippen LogP contribution in [0.4, 0.5) is 5.69 Å². The molecule has 2 aliphatic rings. The summed E-state index contributed by atoms with van der Waals surface area (Å²) in [6.07, 6.45) is 4.85. The van der Waals surface area contributed by atoms with Gasteiger partial charge in [0.2, 0.25) is 15.9 Å². The van der Waals surface area contributed by atoms with Gasteiger partial charge in [0.05, 0.1) is 4.90 Å². The molecular weight excluding hydrogens is 396 g/mol. The van der Waals surface area contributed by atoms with Crippen LogP contribution in [0.1, 0.15) is 62.1 Å². The zero-order chi connectivity index (χ0) is 21.3. The summed E-state index contributed by atoms with van der Waals surface area (Å²) in [5, 5.41) is 0. The number of rotatable bonds is 7. The molecule has 0 aromatic heterocycles. The highest BCUT2D eigenvalue weighted by Gasteiger charge is 2.28. The van der Waals surface area contributed by atoms with Crippen LogP contribution in [0.15, 0.2) is 47.4 Å². The van der Waals surface area contributed by atoms with Gasteiger partial charge < -0.3 is 4.90 Å². The monoisotopic (exact) mass is 426 g/mol. The van der Waals surface area contributed by atoms with Crippen LogP contribution < -0.4 is 9.62 Å². The van der Waals surface area contributed by atoms with Crippen molar-refractivity contribution in [2.24, 2.45) is 0 Å².